The van der Waals surface area contributed by atoms with Crippen molar-refractivity contribution in [2.24, 2.45) is 0 Å². The summed E-state index contributed by atoms with van der Waals surface area (Å²) in [5, 5.41) is 16.0. The van der Waals surface area contributed by atoms with Crippen molar-refractivity contribution in [3.05, 3.63) is 99.9 Å². The van der Waals surface area contributed by atoms with Crippen molar-refractivity contribution >= 4 is 17.5 Å². The first kappa shape index (κ1) is 20.7. The number of pyridine rings is 1. The van der Waals surface area contributed by atoms with Gasteiger partial charge >= 0.3 is 0 Å². The number of hydrogen-bond acceptors (Lipinski definition) is 6. The quantitative estimate of drug-likeness (QED) is 0.428. The molecule has 0 saturated carbocycles. The van der Waals surface area contributed by atoms with E-state index in [1.165, 1.54) is 23.0 Å². The lowest BCUT2D eigenvalue weighted by atomic mass is 10.1. The van der Waals surface area contributed by atoms with E-state index in [1.807, 2.05) is 12.1 Å². The maximum absolute atomic E-state index is 12.8. The van der Waals surface area contributed by atoms with Crippen molar-refractivity contribution in [1.29, 1.82) is 0 Å². The van der Waals surface area contributed by atoms with Crippen LogP contribution in [-0.2, 0) is 6.54 Å². The molecule has 0 fully saturated rings. The van der Waals surface area contributed by atoms with Crippen LogP contribution in [-0.4, -0.2) is 36.8 Å². The van der Waals surface area contributed by atoms with Gasteiger partial charge in [0.05, 0.1) is 29.7 Å². The van der Waals surface area contributed by atoms with E-state index in [2.05, 4.69) is 30.9 Å². The number of aromatic amines is 1. The number of amides is 2. The summed E-state index contributed by atoms with van der Waals surface area (Å²) in [5.41, 5.74) is 2.17. The Morgan fingerprint density at radius 1 is 1.06 bits per heavy atom. The topological polar surface area (TPSA) is 135 Å². The molecular weight excluding hydrogens is 410 g/mol. The largest absolute Gasteiger partial charge is 0.346 e. The van der Waals surface area contributed by atoms with E-state index in [4.69, 9.17) is 0 Å². The van der Waals surface area contributed by atoms with Gasteiger partial charge in [0.15, 0.2) is 5.82 Å². The van der Waals surface area contributed by atoms with Crippen molar-refractivity contribution < 1.29 is 9.59 Å². The van der Waals surface area contributed by atoms with Crippen molar-refractivity contribution in [2.75, 3.05) is 5.32 Å². The molecule has 32 heavy (non-hydrogen) atoms. The minimum Gasteiger partial charge on any atom is -0.346 e. The molecule has 0 aliphatic rings. The average Bonchev–Trinajstić information content (AvgIpc) is 3.20. The molecule has 2 amide bonds. The maximum atomic E-state index is 12.8. The smallest absolute Gasteiger partial charge is 0.264 e. The van der Waals surface area contributed by atoms with Crippen molar-refractivity contribution in [3.63, 3.8) is 0 Å². The zero-order chi connectivity index (χ0) is 22.5. The lowest BCUT2D eigenvalue weighted by Gasteiger charge is -2.08. The number of rotatable bonds is 6. The highest BCUT2D eigenvalue weighted by atomic mass is 16.2. The Morgan fingerprint density at radius 2 is 1.94 bits per heavy atom. The van der Waals surface area contributed by atoms with Gasteiger partial charge in [-0.1, -0.05) is 12.1 Å². The number of benzene rings is 1. The second-order valence-corrected chi connectivity index (χ2v) is 6.87. The number of hydrogen-bond donors (Lipinski definition) is 3. The maximum Gasteiger partial charge on any atom is 0.264 e. The molecule has 0 atom stereocenters. The van der Waals surface area contributed by atoms with Crippen molar-refractivity contribution in [1.82, 2.24) is 30.3 Å². The number of carbonyl (C=O) groups excluding carboxylic acids is 2. The molecule has 10 nitrogen and oxygen atoms in total. The van der Waals surface area contributed by atoms with Crippen LogP contribution in [0.2, 0.25) is 0 Å². The predicted molar refractivity (Wildman–Crippen MR) is 117 cm³/mol. The summed E-state index contributed by atoms with van der Waals surface area (Å²) < 4.78 is 1.45. The lowest BCUT2D eigenvalue weighted by Crippen LogP contribution is -2.23. The molecule has 0 unspecified atom stereocenters. The monoisotopic (exact) mass is 429 g/mol. The van der Waals surface area contributed by atoms with E-state index in [0.29, 0.717) is 34.9 Å². The molecule has 4 rings (SSSR count). The van der Waals surface area contributed by atoms with Crippen LogP contribution < -0.4 is 16.2 Å². The number of anilines is 1. The standard InChI is InChI=1S/C22H19N7O3/c1-14-18(13-25-29(14)19-8-9-20(30)28-27-19)22(32)26-16-7-4-5-15(11-16)21(31)24-12-17-6-2-3-10-23-17/h2-11,13H,12H2,1H3,(H,24,31)(H,26,32)(H,28,30). The lowest BCUT2D eigenvalue weighted by molar-refractivity contribution is 0.0949. The minimum atomic E-state index is -0.385. The van der Waals surface area contributed by atoms with Gasteiger partial charge in [0, 0.05) is 23.5 Å². The zero-order valence-electron chi connectivity index (χ0n) is 17.1. The third kappa shape index (κ3) is 4.59. The molecule has 0 spiro atoms. The summed E-state index contributed by atoms with van der Waals surface area (Å²) in [4.78, 5) is 40.6. The highest BCUT2D eigenvalue weighted by Gasteiger charge is 2.17. The molecule has 0 bridgehead atoms. The molecule has 160 valence electrons. The first-order chi connectivity index (χ1) is 15.5. The molecule has 1 aromatic carbocycles. The van der Waals surface area contributed by atoms with E-state index in [9.17, 15) is 14.4 Å². The van der Waals surface area contributed by atoms with Crippen molar-refractivity contribution in [3.8, 4) is 5.82 Å². The highest BCUT2D eigenvalue weighted by molar-refractivity contribution is 6.05. The number of carbonyl (C=O) groups is 2. The number of H-pyrrole nitrogens is 1. The molecule has 0 aliphatic heterocycles. The van der Waals surface area contributed by atoms with Gasteiger partial charge in [-0.3, -0.25) is 19.4 Å². The first-order valence-electron chi connectivity index (χ1n) is 9.71. The summed E-state index contributed by atoms with van der Waals surface area (Å²) in [6.07, 6.45) is 3.08. The van der Waals surface area contributed by atoms with Gasteiger partial charge < -0.3 is 10.6 Å². The van der Waals surface area contributed by atoms with Crippen LogP contribution in [0.25, 0.3) is 5.82 Å². The number of aromatic nitrogens is 5. The Balaban J connectivity index is 1.45. The van der Waals surface area contributed by atoms with Gasteiger partial charge in [0.2, 0.25) is 0 Å². The molecule has 10 heteroatoms. The van der Waals surface area contributed by atoms with Gasteiger partial charge in [0.25, 0.3) is 17.4 Å². The Hall–Kier alpha value is -4.60. The average molecular weight is 429 g/mol. The summed E-state index contributed by atoms with van der Waals surface area (Å²) in [5.74, 6) is -0.281. The first-order valence-corrected chi connectivity index (χ1v) is 9.71. The molecule has 4 aromatic rings. The second-order valence-electron chi connectivity index (χ2n) is 6.87. The Morgan fingerprint density at radius 3 is 2.69 bits per heavy atom. The second kappa shape index (κ2) is 9.04. The predicted octanol–water partition coefficient (Wildman–Crippen LogP) is 1.84. The van der Waals surface area contributed by atoms with Crippen LogP contribution >= 0.6 is 0 Å². The fraction of sp³-hybridized carbons (Fsp3) is 0.0909. The van der Waals surface area contributed by atoms with Crippen LogP contribution in [0.1, 0.15) is 32.1 Å². The molecule has 0 aliphatic carbocycles. The third-order valence-electron chi connectivity index (χ3n) is 4.67. The van der Waals surface area contributed by atoms with E-state index in [-0.39, 0.29) is 17.4 Å². The fourth-order valence-electron chi connectivity index (χ4n) is 3.03. The van der Waals surface area contributed by atoms with Gasteiger partial charge in [0.1, 0.15) is 0 Å². The Kier molecular flexibility index (Phi) is 5.84. The Bertz CT molecular complexity index is 1310. The molecule has 0 saturated heterocycles. The van der Waals surface area contributed by atoms with E-state index < -0.39 is 0 Å². The summed E-state index contributed by atoms with van der Waals surface area (Å²) in [6.45, 7) is 2.02. The van der Waals surface area contributed by atoms with Gasteiger partial charge in [-0.25, -0.2) is 9.78 Å². The molecule has 3 aromatic heterocycles. The molecule has 3 heterocycles. The van der Waals surface area contributed by atoms with Gasteiger partial charge in [-0.15, -0.1) is 0 Å². The minimum absolute atomic E-state index is 0.278. The zero-order valence-corrected chi connectivity index (χ0v) is 17.1. The number of nitrogens with one attached hydrogen (secondary N) is 3. The Labute approximate surface area is 182 Å². The van der Waals surface area contributed by atoms with Crippen LogP contribution in [0, 0.1) is 6.92 Å². The normalized spacial score (nSPS) is 10.5. The van der Waals surface area contributed by atoms with Crippen LogP contribution in [0.5, 0.6) is 0 Å². The van der Waals surface area contributed by atoms with E-state index >= 15 is 0 Å². The molecule has 0 radical (unpaired) electrons. The summed E-state index contributed by atoms with van der Waals surface area (Å²) in [6, 6.07) is 14.9. The van der Waals surface area contributed by atoms with Crippen molar-refractivity contribution in [2.45, 2.75) is 13.5 Å². The summed E-state index contributed by atoms with van der Waals surface area (Å²) in [7, 11) is 0. The van der Waals surface area contributed by atoms with Crippen LogP contribution in [0.4, 0.5) is 5.69 Å². The van der Waals surface area contributed by atoms with E-state index in [0.717, 1.165) is 5.69 Å². The van der Waals surface area contributed by atoms with Crippen LogP contribution in [0.15, 0.2) is 71.8 Å². The SMILES string of the molecule is Cc1c(C(=O)Nc2cccc(C(=O)NCc3ccccn3)c2)cnn1-c1ccc(=O)[nH]n1. The van der Waals surface area contributed by atoms with Gasteiger partial charge in [-0.2, -0.15) is 10.2 Å². The third-order valence-corrected chi connectivity index (χ3v) is 4.67. The van der Waals surface area contributed by atoms with Gasteiger partial charge in [-0.05, 0) is 43.3 Å². The van der Waals surface area contributed by atoms with Crippen LogP contribution in [0.3, 0.4) is 0 Å². The highest BCUT2D eigenvalue weighted by Crippen LogP contribution is 2.16. The molecule has 3 N–H and O–H groups in total. The number of nitrogens with zero attached hydrogens (tertiary/aromatic N) is 4. The summed E-state index contributed by atoms with van der Waals surface area (Å²) >= 11 is 0. The van der Waals surface area contributed by atoms with E-state index in [1.54, 1.807) is 43.5 Å². The molecular formula is C22H19N7O3. The fourth-order valence-corrected chi connectivity index (χ4v) is 3.03.